The van der Waals surface area contributed by atoms with Crippen molar-refractivity contribution in [2.45, 2.75) is 26.1 Å². The highest BCUT2D eigenvalue weighted by Gasteiger charge is 2.27. The summed E-state index contributed by atoms with van der Waals surface area (Å²) in [6.45, 7) is 5.41. The SMILES string of the molecule is CC1C=CC(N2CCN(Cc3cc4ccn5c4c(c3F)NC(=O)C5)CC2)=C(F)N1C. The van der Waals surface area contributed by atoms with Crippen LogP contribution in [0.5, 0.6) is 0 Å². The lowest BCUT2D eigenvalue weighted by molar-refractivity contribution is -0.116. The Kier molecular flexibility index (Phi) is 4.54. The Bertz CT molecular complexity index is 1080. The van der Waals surface area contributed by atoms with Crippen LogP contribution in [-0.4, -0.2) is 64.4 Å². The molecule has 3 aliphatic heterocycles. The van der Waals surface area contributed by atoms with Crippen molar-refractivity contribution in [3.63, 3.8) is 0 Å². The maximum absolute atomic E-state index is 15.2. The first-order valence-corrected chi connectivity index (χ1v) is 10.3. The van der Waals surface area contributed by atoms with E-state index in [0.29, 0.717) is 44.0 Å². The van der Waals surface area contributed by atoms with Crippen LogP contribution in [0.3, 0.4) is 0 Å². The Hall–Kier alpha value is -2.87. The third-order valence-corrected chi connectivity index (χ3v) is 6.41. The molecule has 3 aliphatic rings. The second-order valence-corrected chi connectivity index (χ2v) is 8.30. The number of nitrogens with zero attached hydrogens (tertiary/aromatic N) is 4. The number of anilines is 1. The average Bonchev–Trinajstić information content (AvgIpc) is 3.13. The second-order valence-electron chi connectivity index (χ2n) is 8.30. The Balaban J connectivity index is 1.32. The summed E-state index contributed by atoms with van der Waals surface area (Å²) in [6, 6.07) is 3.84. The number of carbonyl (C=O) groups is 1. The van der Waals surface area contributed by atoms with E-state index in [1.807, 2.05) is 42.3 Å². The van der Waals surface area contributed by atoms with Crippen LogP contribution in [0, 0.1) is 5.82 Å². The van der Waals surface area contributed by atoms with Gasteiger partial charge in [0, 0.05) is 63.0 Å². The van der Waals surface area contributed by atoms with Crippen LogP contribution in [0.2, 0.25) is 0 Å². The molecule has 1 aromatic carbocycles. The number of likely N-dealkylation sites (N-methyl/N-ethyl adjacent to an activating group) is 1. The van der Waals surface area contributed by atoms with Gasteiger partial charge in [-0.15, -0.1) is 0 Å². The van der Waals surface area contributed by atoms with Crippen molar-refractivity contribution < 1.29 is 13.6 Å². The van der Waals surface area contributed by atoms with Crippen molar-refractivity contribution in [1.82, 2.24) is 19.3 Å². The highest BCUT2D eigenvalue weighted by molar-refractivity contribution is 6.05. The van der Waals surface area contributed by atoms with Gasteiger partial charge in [-0.1, -0.05) is 6.08 Å². The summed E-state index contributed by atoms with van der Waals surface area (Å²) in [7, 11) is 1.76. The van der Waals surface area contributed by atoms with Crippen molar-refractivity contribution in [2.24, 2.45) is 0 Å². The zero-order chi connectivity index (χ0) is 21.0. The Morgan fingerprint density at radius 3 is 2.73 bits per heavy atom. The molecule has 0 bridgehead atoms. The zero-order valence-corrected chi connectivity index (χ0v) is 17.2. The third kappa shape index (κ3) is 3.06. The maximum atomic E-state index is 15.2. The number of halogens is 2. The molecule has 1 saturated heterocycles. The van der Waals surface area contributed by atoms with Crippen LogP contribution in [0.15, 0.2) is 42.1 Å². The monoisotopic (exact) mass is 413 g/mol. The predicted molar refractivity (Wildman–Crippen MR) is 112 cm³/mol. The van der Waals surface area contributed by atoms with Crippen molar-refractivity contribution in [1.29, 1.82) is 0 Å². The number of carbonyl (C=O) groups excluding carboxylic acids is 1. The van der Waals surface area contributed by atoms with Gasteiger partial charge in [-0.05, 0) is 25.1 Å². The van der Waals surface area contributed by atoms with Crippen molar-refractivity contribution in [3.05, 3.63) is 53.5 Å². The summed E-state index contributed by atoms with van der Waals surface area (Å²) in [4.78, 5) is 17.8. The number of allylic oxidation sites excluding steroid dienone is 1. The molecule has 1 atom stereocenters. The van der Waals surface area contributed by atoms with E-state index < -0.39 is 0 Å². The van der Waals surface area contributed by atoms with Gasteiger partial charge in [-0.25, -0.2) is 4.39 Å². The molecule has 2 aromatic rings. The highest BCUT2D eigenvalue weighted by Crippen LogP contribution is 2.34. The molecule has 0 aliphatic carbocycles. The van der Waals surface area contributed by atoms with Gasteiger partial charge in [0.25, 0.3) is 0 Å². The van der Waals surface area contributed by atoms with Gasteiger partial charge >= 0.3 is 0 Å². The fourth-order valence-corrected chi connectivity index (χ4v) is 4.52. The molecule has 5 rings (SSSR count). The number of aromatic nitrogens is 1. The fraction of sp³-hybridized carbons (Fsp3) is 0.409. The van der Waals surface area contributed by atoms with Gasteiger partial charge in [0.1, 0.15) is 12.2 Å². The zero-order valence-electron chi connectivity index (χ0n) is 17.2. The number of nitrogens with one attached hydrogen (secondary N) is 1. The Labute approximate surface area is 174 Å². The molecule has 0 radical (unpaired) electrons. The first kappa shape index (κ1) is 19.1. The highest BCUT2D eigenvalue weighted by atomic mass is 19.1. The molecule has 30 heavy (non-hydrogen) atoms. The molecule has 8 heteroatoms. The van der Waals surface area contributed by atoms with Crippen molar-refractivity contribution in [3.8, 4) is 0 Å². The standard InChI is InChI=1S/C22H25F2N5O/c1-14-3-4-17(22(24)26(14)2)28-9-7-27(8-10-28)12-16-11-15-5-6-29-13-18(30)25-20(19(16)23)21(15)29/h3-6,11,14H,7-10,12-13H2,1-2H3,(H,25,30). The van der Waals surface area contributed by atoms with Crippen LogP contribution in [0.25, 0.3) is 10.9 Å². The fourth-order valence-electron chi connectivity index (χ4n) is 4.52. The predicted octanol–water partition coefficient (Wildman–Crippen LogP) is 2.88. The number of hydrogen-bond acceptors (Lipinski definition) is 4. The van der Waals surface area contributed by atoms with Crippen LogP contribution in [-0.2, 0) is 17.9 Å². The van der Waals surface area contributed by atoms with Gasteiger partial charge in [0.2, 0.25) is 11.9 Å². The van der Waals surface area contributed by atoms with Gasteiger partial charge in [-0.3, -0.25) is 9.69 Å². The van der Waals surface area contributed by atoms with E-state index >= 15 is 4.39 Å². The smallest absolute Gasteiger partial charge is 0.244 e. The summed E-state index contributed by atoms with van der Waals surface area (Å²) >= 11 is 0. The topological polar surface area (TPSA) is 43.8 Å². The first-order chi connectivity index (χ1) is 14.4. The summed E-state index contributed by atoms with van der Waals surface area (Å²) in [5.74, 6) is -0.772. The number of rotatable bonds is 3. The van der Waals surface area contributed by atoms with Crippen LogP contribution < -0.4 is 5.32 Å². The van der Waals surface area contributed by atoms with E-state index in [1.165, 1.54) is 0 Å². The van der Waals surface area contributed by atoms with Gasteiger partial charge in [-0.2, -0.15) is 4.39 Å². The minimum absolute atomic E-state index is 0.0457. The molecule has 1 aromatic heterocycles. The molecule has 1 fully saturated rings. The maximum Gasteiger partial charge on any atom is 0.244 e. The quantitative estimate of drug-likeness (QED) is 0.786. The van der Waals surface area contributed by atoms with E-state index in [2.05, 4.69) is 10.2 Å². The number of piperazine rings is 1. The molecule has 158 valence electrons. The molecule has 4 heterocycles. The minimum Gasteiger partial charge on any atom is -0.365 e. The third-order valence-electron chi connectivity index (χ3n) is 6.41. The summed E-state index contributed by atoms with van der Waals surface area (Å²) in [6.07, 6.45) is 5.69. The largest absolute Gasteiger partial charge is 0.365 e. The minimum atomic E-state index is -0.363. The van der Waals surface area contributed by atoms with E-state index in [4.69, 9.17) is 0 Å². The molecule has 0 saturated carbocycles. The molecule has 6 nitrogen and oxygen atoms in total. The number of benzene rings is 1. The van der Waals surface area contributed by atoms with Crippen molar-refractivity contribution in [2.75, 3.05) is 38.5 Å². The average molecular weight is 413 g/mol. The van der Waals surface area contributed by atoms with E-state index in [9.17, 15) is 9.18 Å². The van der Waals surface area contributed by atoms with Crippen LogP contribution in [0.4, 0.5) is 14.5 Å². The molecule has 1 amide bonds. The molecular weight excluding hydrogens is 388 g/mol. The Morgan fingerprint density at radius 1 is 1.20 bits per heavy atom. The van der Waals surface area contributed by atoms with Gasteiger partial charge in [0.05, 0.1) is 11.2 Å². The van der Waals surface area contributed by atoms with Gasteiger partial charge in [0.15, 0.2) is 5.82 Å². The second kappa shape index (κ2) is 7.12. The molecule has 1 N–H and O–H groups in total. The lowest BCUT2D eigenvalue weighted by Crippen LogP contribution is -2.46. The summed E-state index contributed by atoms with van der Waals surface area (Å²) < 4.78 is 31.6. The van der Waals surface area contributed by atoms with Gasteiger partial charge < -0.3 is 19.7 Å². The normalized spacial score (nSPS) is 22.3. The summed E-state index contributed by atoms with van der Waals surface area (Å²) in [5.41, 5.74) is 2.21. The van der Waals surface area contributed by atoms with Crippen LogP contribution >= 0.6 is 0 Å². The lowest BCUT2D eigenvalue weighted by Gasteiger charge is -2.39. The van der Waals surface area contributed by atoms with E-state index in [0.717, 1.165) is 10.9 Å². The van der Waals surface area contributed by atoms with E-state index in [-0.39, 0.29) is 35.9 Å². The number of amides is 1. The first-order valence-electron chi connectivity index (χ1n) is 10.3. The summed E-state index contributed by atoms with van der Waals surface area (Å²) in [5, 5.41) is 3.62. The van der Waals surface area contributed by atoms with Crippen molar-refractivity contribution >= 4 is 22.5 Å². The number of hydrogen-bond donors (Lipinski definition) is 1. The molecule has 0 spiro atoms. The van der Waals surface area contributed by atoms with Crippen LogP contribution in [0.1, 0.15) is 12.5 Å². The van der Waals surface area contributed by atoms with E-state index in [1.54, 1.807) is 16.5 Å². The Morgan fingerprint density at radius 2 is 1.97 bits per heavy atom. The molecular formula is C22H25F2N5O. The molecule has 1 unspecified atom stereocenters. The lowest BCUT2D eigenvalue weighted by atomic mass is 10.1.